The summed E-state index contributed by atoms with van der Waals surface area (Å²) in [6, 6.07) is 10.3. The Labute approximate surface area is 119 Å². The summed E-state index contributed by atoms with van der Waals surface area (Å²) in [5, 5.41) is 6.74. The second-order valence-electron chi connectivity index (χ2n) is 5.03. The summed E-state index contributed by atoms with van der Waals surface area (Å²) in [4.78, 5) is 13.2. The smallest absolute Gasteiger partial charge is 0.224 e. The van der Waals surface area contributed by atoms with Gasteiger partial charge in [-0.3, -0.25) is 4.79 Å². The zero-order valence-corrected chi connectivity index (χ0v) is 12.2. The minimum absolute atomic E-state index is 0.155. The molecule has 1 amide bonds. The third kappa shape index (κ3) is 4.88. The van der Waals surface area contributed by atoms with Crippen molar-refractivity contribution < 1.29 is 4.79 Å². The molecule has 1 aromatic carbocycles. The number of hydrogen-bond acceptors (Lipinski definition) is 3. The van der Waals surface area contributed by atoms with Crippen LogP contribution in [0.3, 0.4) is 0 Å². The molecular formula is C15H22N2OS. The maximum Gasteiger partial charge on any atom is 0.224 e. The highest BCUT2D eigenvalue weighted by atomic mass is 32.2. The number of piperidine rings is 1. The molecule has 0 aliphatic carbocycles. The van der Waals surface area contributed by atoms with Gasteiger partial charge in [0.05, 0.1) is 5.92 Å². The number of nitrogens with one attached hydrogen (secondary N) is 2. The average molecular weight is 278 g/mol. The van der Waals surface area contributed by atoms with Crippen molar-refractivity contribution in [3.05, 3.63) is 30.3 Å². The minimum atomic E-state index is 0.155. The van der Waals surface area contributed by atoms with Gasteiger partial charge in [0, 0.05) is 23.2 Å². The Bertz CT molecular complexity index is 390. The third-order valence-electron chi connectivity index (χ3n) is 3.31. The van der Waals surface area contributed by atoms with Crippen molar-refractivity contribution in [3.63, 3.8) is 0 Å². The number of rotatable bonds is 5. The van der Waals surface area contributed by atoms with E-state index in [9.17, 15) is 4.79 Å². The molecule has 0 spiro atoms. The van der Waals surface area contributed by atoms with Gasteiger partial charge in [0.2, 0.25) is 5.91 Å². The van der Waals surface area contributed by atoms with Crippen molar-refractivity contribution in [2.75, 3.05) is 19.6 Å². The first-order chi connectivity index (χ1) is 9.25. The first kappa shape index (κ1) is 14.4. The lowest BCUT2D eigenvalue weighted by Gasteiger charge is -2.22. The van der Waals surface area contributed by atoms with Gasteiger partial charge in [-0.25, -0.2) is 0 Å². The van der Waals surface area contributed by atoms with Gasteiger partial charge in [-0.1, -0.05) is 25.1 Å². The summed E-state index contributed by atoms with van der Waals surface area (Å²) >= 11 is 1.80. The largest absolute Gasteiger partial charge is 0.355 e. The molecule has 1 fully saturated rings. The third-order valence-corrected chi connectivity index (χ3v) is 4.43. The summed E-state index contributed by atoms with van der Waals surface area (Å²) < 4.78 is 0. The van der Waals surface area contributed by atoms with Gasteiger partial charge in [0.1, 0.15) is 0 Å². The van der Waals surface area contributed by atoms with E-state index >= 15 is 0 Å². The zero-order valence-electron chi connectivity index (χ0n) is 11.4. The first-order valence-corrected chi connectivity index (χ1v) is 7.84. The normalized spacial score (nSPS) is 20.8. The maximum atomic E-state index is 12.0. The summed E-state index contributed by atoms with van der Waals surface area (Å²) in [6.45, 7) is 4.75. The molecule has 2 atom stereocenters. The van der Waals surface area contributed by atoms with E-state index in [0.29, 0.717) is 5.25 Å². The van der Waals surface area contributed by atoms with Crippen molar-refractivity contribution in [1.82, 2.24) is 10.6 Å². The summed E-state index contributed by atoms with van der Waals surface area (Å²) in [6.07, 6.45) is 2.12. The molecule has 4 heteroatoms. The fraction of sp³-hybridized carbons (Fsp3) is 0.533. The van der Waals surface area contributed by atoms with E-state index in [1.165, 1.54) is 4.90 Å². The molecule has 19 heavy (non-hydrogen) atoms. The summed E-state index contributed by atoms with van der Waals surface area (Å²) in [5.74, 6) is 0.357. The van der Waals surface area contributed by atoms with Crippen LogP contribution < -0.4 is 10.6 Å². The van der Waals surface area contributed by atoms with Gasteiger partial charge in [0.15, 0.2) is 0 Å². The Balaban J connectivity index is 1.71. The van der Waals surface area contributed by atoms with E-state index in [4.69, 9.17) is 0 Å². The lowest BCUT2D eigenvalue weighted by molar-refractivity contribution is -0.125. The van der Waals surface area contributed by atoms with E-state index in [2.05, 4.69) is 29.7 Å². The Morgan fingerprint density at radius 3 is 2.95 bits per heavy atom. The van der Waals surface area contributed by atoms with E-state index in [-0.39, 0.29) is 11.8 Å². The monoisotopic (exact) mass is 278 g/mol. The van der Waals surface area contributed by atoms with Crippen molar-refractivity contribution in [2.45, 2.75) is 29.9 Å². The molecule has 3 nitrogen and oxygen atoms in total. The number of carbonyl (C=O) groups is 1. The number of benzene rings is 1. The van der Waals surface area contributed by atoms with E-state index in [1.54, 1.807) is 11.8 Å². The molecule has 1 aromatic rings. The minimum Gasteiger partial charge on any atom is -0.355 e. The standard InChI is InChI=1S/C15H22N2OS/c1-12(19-14-7-3-2-4-8-14)10-17-15(18)13-6-5-9-16-11-13/h2-4,7-8,12-13,16H,5-6,9-11H2,1H3,(H,17,18). The quantitative estimate of drug-likeness (QED) is 0.812. The van der Waals surface area contributed by atoms with E-state index in [1.807, 2.05) is 18.2 Å². The molecule has 2 N–H and O–H groups in total. The maximum absolute atomic E-state index is 12.0. The molecular weight excluding hydrogens is 256 g/mol. The highest BCUT2D eigenvalue weighted by Crippen LogP contribution is 2.22. The van der Waals surface area contributed by atoms with Crippen LogP contribution in [-0.4, -0.2) is 30.8 Å². The lowest BCUT2D eigenvalue weighted by Crippen LogP contribution is -2.42. The predicted molar refractivity (Wildman–Crippen MR) is 80.4 cm³/mol. The van der Waals surface area contributed by atoms with Crippen LogP contribution in [0.2, 0.25) is 0 Å². The Morgan fingerprint density at radius 2 is 2.26 bits per heavy atom. The highest BCUT2D eigenvalue weighted by molar-refractivity contribution is 8.00. The molecule has 1 saturated heterocycles. The molecule has 0 aromatic heterocycles. The van der Waals surface area contributed by atoms with Crippen LogP contribution in [0.1, 0.15) is 19.8 Å². The fourth-order valence-corrected chi connectivity index (χ4v) is 3.18. The van der Waals surface area contributed by atoms with Gasteiger partial charge in [-0.05, 0) is 31.5 Å². The van der Waals surface area contributed by atoms with Gasteiger partial charge in [-0.15, -0.1) is 11.8 Å². The number of amides is 1. The van der Waals surface area contributed by atoms with Crippen LogP contribution in [0.4, 0.5) is 0 Å². The number of thioether (sulfide) groups is 1. The topological polar surface area (TPSA) is 41.1 Å². The summed E-state index contributed by atoms with van der Waals surface area (Å²) in [7, 11) is 0. The van der Waals surface area contributed by atoms with Gasteiger partial charge in [0.25, 0.3) is 0 Å². The second kappa shape index (κ2) is 7.56. The molecule has 2 unspecified atom stereocenters. The predicted octanol–water partition coefficient (Wildman–Crippen LogP) is 2.28. The molecule has 1 heterocycles. The lowest BCUT2D eigenvalue weighted by atomic mass is 9.99. The second-order valence-corrected chi connectivity index (χ2v) is 6.54. The van der Waals surface area contributed by atoms with E-state index in [0.717, 1.165) is 32.5 Å². The van der Waals surface area contributed by atoms with Crippen LogP contribution in [0, 0.1) is 5.92 Å². The SMILES string of the molecule is CC(CNC(=O)C1CCCNC1)Sc1ccccc1. The zero-order chi connectivity index (χ0) is 13.5. The Kier molecular flexibility index (Phi) is 5.73. The van der Waals surface area contributed by atoms with Crippen LogP contribution in [0.5, 0.6) is 0 Å². The van der Waals surface area contributed by atoms with E-state index < -0.39 is 0 Å². The summed E-state index contributed by atoms with van der Waals surface area (Å²) in [5.41, 5.74) is 0. The van der Waals surface area contributed by atoms with Crippen LogP contribution in [0.25, 0.3) is 0 Å². The molecule has 0 radical (unpaired) electrons. The fourth-order valence-electron chi connectivity index (χ4n) is 2.24. The van der Waals surface area contributed by atoms with Crippen LogP contribution >= 0.6 is 11.8 Å². The van der Waals surface area contributed by atoms with Crippen molar-refractivity contribution in [3.8, 4) is 0 Å². The Hall–Kier alpha value is -1.00. The number of carbonyl (C=O) groups excluding carboxylic acids is 1. The average Bonchev–Trinajstić information content (AvgIpc) is 2.47. The van der Waals surface area contributed by atoms with Crippen molar-refractivity contribution >= 4 is 17.7 Å². The first-order valence-electron chi connectivity index (χ1n) is 6.96. The van der Waals surface area contributed by atoms with Crippen LogP contribution in [0.15, 0.2) is 35.2 Å². The van der Waals surface area contributed by atoms with Gasteiger partial charge in [-0.2, -0.15) is 0 Å². The van der Waals surface area contributed by atoms with Gasteiger partial charge < -0.3 is 10.6 Å². The molecule has 2 rings (SSSR count). The molecule has 1 aliphatic rings. The molecule has 104 valence electrons. The van der Waals surface area contributed by atoms with Crippen LogP contribution in [-0.2, 0) is 4.79 Å². The molecule has 0 saturated carbocycles. The van der Waals surface area contributed by atoms with Gasteiger partial charge >= 0.3 is 0 Å². The van der Waals surface area contributed by atoms with Crippen molar-refractivity contribution in [2.24, 2.45) is 5.92 Å². The molecule has 0 bridgehead atoms. The highest BCUT2D eigenvalue weighted by Gasteiger charge is 2.20. The van der Waals surface area contributed by atoms with Crippen molar-refractivity contribution in [1.29, 1.82) is 0 Å². The number of hydrogen-bond donors (Lipinski definition) is 2. The molecule has 1 aliphatic heterocycles. The Morgan fingerprint density at radius 1 is 1.47 bits per heavy atom.